The van der Waals surface area contributed by atoms with Crippen molar-refractivity contribution in [2.75, 3.05) is 0 Å². The minimum atomic E-state index is -4.46. The zero-order valence-electron chi connectivity index (χ0n) is 12.9. The van der Waals surface area contributed by atoms with Crippen LogP contribution in [0.25, 0.3) is 0 Å². The van der Waals surface area contributed by atoms with Crippen LogP contribution in [-0.4, -0.2) is 28.3 Å². The van der Waals surface area contributed by atoms with Crippen LogP contribution in [0.2, 0.25) is 5.82 Å². The van der Waals surface area contributed by atoms with E-state index in [4.69, 9.17) is 9.31 Å². The number of aromatic nitrogens is 2. The van der Waals surface area contributed by atoms with Gasteiger partial charge in [0.15, 0.2) is 5.69 Å². The highest BCUT2D eigenvalue weighted by molar-refractivity contribution is 6.49. The summed E-state index contributed by atoms with van der Waals surface area (Å²) in [6.07, 6.45) is -1.68. The van der Waals surface area contributed by atoms with E-state index < -0.39 is 23.1 Å². The van der Waals surface area contributed by atoms with Crippen molar-refractivity contribution in [1.29, 1.82) is 0 Å². The Kier molecular flexibility index (Phi) is 3.34. The minimum Gasteiger partial charge on any atom is -0.403 e. The molecule has 0 N–H and O–H groups in total. The van der Waals surface area contributed by atoms with Crippen LogP contribution in [0.1, 0.15) is 51.4 Å². The van der Waals surface area contributed by atoms with Gasteiger partial charge in [-0.2, -0.15) is 13.2 Å². The lowest BCUT2D eigenvalue weighted by Gasteiger charge is -2.32. The molecule has 0 aromatic carbocycles. The van der Waals surface area contributed by atoms with E-state index >= 15 is 0 Å². The molecule has 1 aromatic heterocycles. The predicted molar refractivity (Wildman–Crippen MR) is 74.2 cm³/mol. The lowest BCUT2D eigenvalue weighted by Crippen LogP contribution is -2.41. The topological polar surface area (TPSA) is 44.2 Å². The molecule has 2 aliphatic rings. The van der Waals surface area contributed by atoms with Gasteiger partial charge in [0.2, 0.25) is 0 Å². The maximum atomic E-state index is 12.5. The van der Waals surface area contributed by atoms with Crippen LogP contribution in [0.3, 0.4) is 0 Å². The molecular formula is C14H18BF3N2O2. The molecule has 0 unspecified atom stereocenters. The molecule has 8 heteroatoms. The Morgan fingerprint density at radius 3 is 2.14 bits per heavy atom. The first kappa shape index (κ1) is 15.7. The van der Waals surface area contributed by atoms with Crippen molar-refractivity contribution in [3.05, 3.63) is 23.8 Å². The van der Waals surface area contributed by atoms with E-state index in [1.807, 2.05) is 27.7 Å². The molecule has 0 spiro atoms. The van der Waals surface area contributed by atoms with Gasteiger partial charge in [-0.1, -0.05) is 0 Å². The van der Waals surface area contributed by atoms with E-state index in [9.17, 15) is 13.2 Å². The van der Waals surface area contributed by atoms with Gasteiger partial charge in [-0.25, -0.2) is 4.98 Å². The molecule has 22 heavy (non-hydrogen) atoms. The number of rotatable bonds is 2. The van der Waals surface area contributed by atoms with Crippen molar-refractivity contribution in [3.63, 3.8) is 0 Å². The highest BCUT2D eigenvalue weighted by atomic mass is 19.4. The number of hydrogen-bond donors (Lipinski definition) is 0. The molecule has 0 bridgehead atoms. The zero-order chi connectivity index (χ0) is 16.3. The van der Waals surface area contributed by atoms with E-state index in [0.29, 0.717) is 5.69 Å². The standard InChI is InChI=1S/C14H18BF3N2O2/c1-12(2)13(3,4)22-15(21-12)9-5-8(9)10-6-20-11(7-19-10)14(16,17)18/h6-9H,5H2,1-4H3/t8-,9-/m0/s1. The van der Waals surface area contributed by atoms with Gasteiger partial charge in [0.05, 0.1) is 23.1 Å². The van der Waals surface area contributed by atoms with E-state index in [0.717, 1.165) is 12.6 Å². The molecular weight excluding hydrogens is 296 g/mol. The van der Waals surface area contributed by atoms with Crippen LogP contribution in [0.5, 0.6) is 0 Å². The Labute approximate surface area is 127 Å². The molecule has 1 aliphatic heterocycles. The Morgan fingerprint density at radius 1 is 1.09 bits per heavy atom. The van der Waals surface area contributed by atoms with Crippen LogP contribution in [0.4, 0.5) is 13.2 Å². The SMILES string of the molecule is CC1(C)OB([C@H]2C[C@@H]2c2cnc(C(F)(F)F)cn2)OC1(C)C. The van der Waals surface area contributed by atoms with E-state index in [1.54, 1.807) is 0 Å². The second-order valence-electron chi connectivity index (χ2n) is 6.96. The first-order valence-electron chi connectivity index (χ1n) is 7.26. The van der Waals surface area contributed by atoms with E-state index in [1.165, 1.54) is 6.20 Å². The molecule has 2 heterocycles. The van der Waals surface area contributed by atoms with E-state index in [2.05, 4.69) is 9.97 Å². The van der Waals surface area contributed by atoms with Crippen molar-refractivity contribution < 1.29 is 22.5 Å². The lowest BCUT2D eigenvalue weighted by molar-refractivity contribution is -0.141. The Bertz CT molecular complexity index is 558. The monoisotopic (exact) mass is 314 g/mol. The first-order valence-corrected chi connectivity index (χ1v) is 7.26. The van der Waals surface area contributed by atoms with Crippen molar-refractivity contribution >= 4 is 7.12 Å². The fourth-order valence-corrected chi connectivity index (χ4v) is 2.59. The van der Waals surface area contributed by atoms with Gasteiger partial charge < -0.3 is 9.31 Å². The summed E-state index contributed by atoms with van der Waals surface area (Å²) < 4.78 is 49.4. The maximum absolute atomic E-state index is 12.5. The highest BCUT2D eigenvalue weighted by Gasteiger charge is 2.60. The summed E-state index contributed by atoms with van der Waals surface area (Å²) in [5.41, 5.74) is -1.22. The normalized spacial score (nSPS) is 29.7. The highest BCUT2D eigenvalue weighted by Crippen LogP contribution is 2.57. The van der Waals surface area contributed by atoms with Crippen molar-refractivity contribution in [1.82, 2.24) is 9.97 Å². The average Bonchev–Trinajstić information content (AvgIpc) is 3.12. The Morgan fingerprint density at radius 2 is 1.68 bits per heavy atom. The molecule has 1 aliphatic carbocycles. The fraction of sp³-hybridized carbons (Fsp3) is 0.714. The Balaban J connectivity index is 1.68. The third-order valence-corrected chi connectivity index (χ3v) is 4.80. The molecule has 3 rings (SSSR count). The minimum absolute atomic E-state index is 0.0458. The van der Waals surface area contributed by atoms with Gasteiger partial charge in [0.25, 0.3) is 0 Å². The lowest BCUT2D eigenvalue weighted by atomic mass is 9.80. The summed E-state index contributed by atoms with van der Waals surface area (Å²) in [5, 5.41) is 0. The molecule has 1 aromatic rings. The summed E-state index contributed by atoms with van der Waals surface area (Å²) in [4.78, 5) is 7.37. The third-order valence-electron chi connectivity index (χ3n) is 4.80. The third kappa shape index (κ3) is 2.62. The summed E-state index contributed by atoms with van der Waals surface area (Å²) in [6.45, 7) is 7.90. The zero-order valence-corrected chi connectivity index (χ0v) is 12.9. The molecule has 2 fully saturated rings. The summed E-state index contributed by atoms with van der Waals surface area (Å²) in [7, 11) is -0.348. The molecule has 2 atom stereocenters. The fourth-order valence-electron chi connectivity index (χ4n) is 2.59. The van der Waals surface area contributed by atoms with E-state index in [-0.39, 0.29) is 18.9 Å². The molecule has 1 saturated heterocycles. The van der Waals surface area contributed by atoms with Crippen LogP contribution >= 0.6 is 0 Å². The molecule has 120 valence electrons. The average molecular weight is 314 g/mol. The number of hydrogen-bond acceptors (Lipinski definition) is 4. The maximum Gasteiger partial charge on any atom is 0.461 e. The van der Waals surface area contributed by atoms with Gasteiger partial charge in [-0.3, -0.25) is 4.98 Å². The van der Waals surface area contributed by atoms with Crippen LogP contribution in [0, 0.1) is 0 Å². The second-order valence-corrected chi connectivity index (χ2v) is 6.96. The van der Waals surface area contributed by atoms with Gasteiger partial charge in [-0.05, 0) is 34.1 Å². The number of halogens is 3. The van der Waals surface area contributed by atoms with Crippen LogP contribution in [-0.2, 0) is 15.5 Å². The van der Waals surface area contributed by atoms with Gasteiger partial charge >= 0.3 is 13.3 Å². The smallest absolute Gasteiger partial charge is 0.403 e. The van der Waals surface area contributed by atoms with Crippen molar-refractivity contribution in [2.24, 2.45) is 0 Å². The van der Waals surface area contributed by atoms with Crippen molar-refractivity contribution in [2.45, 2.75) is 63.2 Å². The Hall–Kier alpha value is -1.15. The number of nitrogens with zero attached hydrogens (tertiary/aromatic N) is 2. The predicted octanol–water partition coefficient (Wildman–Crippen LogP) is 3.45. The summed E-state index contributed by atoms with van der Waals surface area (Å²) in [6, 6.07) is 0. The molecule has 4 nitrogen and oxygen atoms in total. The summed E-state index contributed by atoms with van der Waals surface area (Å²) in [5.74, 6) is 0.163. The molecule has 0 amide bonds. The first-order chi connectivity index (χ1) is 10.0. The quantitative estimate of drug-likeness (QED) is 0.784. The second kappa shape index (κ2) is 4.68. The molecule has 1 saturated carbocycles. The van der Waals surface area contributed by atoms with Gasteiger partial charge in [0, 0.05) is 17.9 Å². The van der Waals surface area contributed by atoms with Crippen molar-refractivity contribution in [3.8, 4) is 0 Å². The van der Waals surface area contributed by atoms with Crippen LogP contribution < -0.4 is 0 Å². The van der Waals surface area contributed by atoms with Gasteiger partial charge in [-0.15, -0.1) is 0 Å². The summed E-state index contributed by atoms with van der Waals surface area (Å²) >= 11 is 0. The largest absolute Gasteiger partial charge is 0.461 e. The molecule has 0 radical (unpaired) electrons. The van der Waals surface area contributed by atoms with Crippen LogP contribution in [0.15, 0.2) is 12.4 Å². The van der Waals surface area contributed by atoms with Gasteiger partial charge in [0.1, 0.15) is 0 Å². The number of alkyl halides is 3.